The Hall–Kier alpha value is -1.36. The van der Waals surface area contributed by atoms with Gasteiger partial charge < -0.3 is 15.6 Å². The fourth-order valence-electron chi connectivity index (χ4n) is 1.25. The van der Waals surface area contributed by atoms with Crippen LogP contribution in [0.1, 0.15) is 12.0 Å². The summed E-state index contributed by atoms with van der Waals surface area (Å²) >= 11 is 0. The molecule has 0 amide bonds. The third-order valence-electron chi connectivity index (χ3n) is 2.06. The van der Waals surface area contributed by atoms with Crippen molar-refractivity contribution in [3.05, 3.63) is 23.8 Å². The number of hydrogen-bond acceptors (Lipinski definition) is 3. The lowest BCUT2D eigenvalue weighted by Crippen LogP contribution is -2.18. The summed E-state index contributed by atoms with van der Waals surface area (Å²) in [5.41, 5.74) is 4.63. The Morgan fingerprint density at radius 2 is 2.13 bits per heavy atom. The van der Waals surface area contributed by atoms with Gasteiger partial charge in [0.1, 0.15) is 11.5 Å². The monoisotopic (exact) mass is 217 g/mol. The van der Waals surface area contributed by atoms with E-state index in [2.05, 4.69) is 0 Å². The Morgan fingerprint density at radius 1 is 1.47 bits per heavy atom. The third-order valence-corrected chi connectivity index (χ3v) is 2.06. The highest BCUT2D eigenvalue weighted by Crippen LogP contribution is 2.38. The van der Waals surface area contributed by atoms with Crippen LogP contribution >= 0.6 is 0 Å². The standard InChI is InChI=1S/C10H13F2NO2/c1-15-7-2-3-9(14)8(6-7)10(11,12)4-5-13/h2-3,6,14H,4-5,13H2,1H3. The molecule has 0 unspecified atom stereocenters. The summed E-state index contributed by atoms with van der Waals surface area (Å²) in [4.78, 5) is 0. The smallest absolute Gasteiger partial charge is 0.278 e. The summed E-state index contributed by atoms with van der Waals surface area (Å²) in [6.45, 7) is -0.149. The van der Waals surface area contributed by atoms with E-state index in [-0.39, 0.29) is 12.3 Å². The molecule has 0 atom stereocenters. The molecule has 5 heteroatoms. The van der Waals surface area contributed by atoms with Crippen LogP contribution in [0.5, 0.6) is 11.5 Å². The van der Waals surface area contributed by atoms with E-state index in [1.807, 2.05) is 0 Å². The van der Waals surface area contributed by atoms with Gasteiger partial charge in [-0.2, -0.15) is 0 Å². The quantitative estimate of drug-likeness (QED) is 0.809. The van der Waals surface area contributed by atoms with Gasteiger partial charge in [-0.3, -0.25) is 0 Å². The van der Waals surface area contributed by atoms with Crippen molar-refractivity contribution in [3.63, 3.8) is 0 Å². The highest BCUT2D eigenvalue weighted by atomic mass is 19.3. The molecule has 0 heterocycles. The van der Waals surface area contributed by atoms with Crippen molar-refractivity contribution in [2.45, 2.75) is 12.3 Å². The number of methoxy groups -OCH3 is 1. The predicted octanol–water partition coefficient (Wildman–Crippen LogP) is 1.84. The maximum atomic E-state index is 13.4. The average Bonchev–Trinajstić information content (AvgIpc) is 2.18. The molecular formula is C10H13F2NO2. The summed E-state index contributed by atoms with van der Waals surface area (Å²) in [6.07, 6.45) is -0.506. The Bertz CT molecular complexity index is 342. The Balaban J connectivity index is 3.11. The molecule has 0 saturated carbocycles. The van der Waals surface area contributed by atoms with Crippen LogP contribution in [-0.4, -0.2) is 18.8 Å². The van der Waals surface area contributed by atoms with Crippen molar-refractivity contribution >= 4 is 0 Å². The van der Waals surface area contributed by atoms with Gasteiger partial charge in [0.25, 0.3) is 5.92 Å². The largest absolute Gasteiger partial charge is 0.507 e. The number of nitrogens with two attached hydrogens (primary N) is 1. The van der Waals surface area contributed by atoms with Crippen LogP contribution in [0.2, 0.25) is 0 Å². The first kappa shape index (κ1) is 11.7. The normalized spacial score (nSPS) is 11.5. The summed E-state index contributed by atoms with van der Waals surface area (Å²) in [6, 6.07) is 3.71. The van der Waals surface area contributed by atoms with E-state index >= 15 is 0 Å². The van der Waals surface area contributed by atoms with Crippen LogP contribution in [0, 0.1) is 0 Å². The first-order valence-electron chi connectivity index (χ1n) is 4.46. The van der Waals surface area contributed by atoms with Crippen LogP contribution in [0.4, 0.5) is 8.78 Å². The van der Waals surface area contributed by atoms with Crippen LogP contribution < -0.4 is 10.5 Å². The zero-order chi connectivity index (χ0) is 11.5. The zero-order valence-electron chi connectivity index (χ0n) is 8.34. The molecule has 0 aliphatic heterocycles. The first-order chi connectivity index (χ1) is 7.01. The van der Waals surface area contributed by atoms with Crippen LogP contribution in [0.25, 0.3) is 0 Å². The van der Waals surface area contributed by atoms with Gasteiger partial charge in [0.05, 0.1) is 12.7 Å². The molecule has 0 aliphatic carbocycles. The lowest BCUT2D eigenvalue weighted by molar-refractivity contribution is -0.0129. The van der Waals surface area contributed by atoms with Crippen molar-refractivity contribution in [3.8, 4) is 11.5 Å². The number of ether oxygens (including phenoxy) is 1. The molecule has 15 heavy (non-hydrogen) atoms. The molecule has 0 aromatic heterocycles. The average molecular weight is 217 g/mol. The minimum Gasteiger partial charge on any atom is -0.507 e. The molecule has 3 nitrogen and oxygen atoms in total. The number of phenols is 1. The van der Waals surface area contributed by atoms with Crippen molar-refractivity contribution < 1.29 is 18.6 Å². The summed E-state index contributed by atoms with van der Waals surface area (Å²) in [5, 5.41) is 9.32. The minimum atomic E-state index is -3.13. The van der Waals surface area contributed by atoms with Gasteiger partial charge >= 0.3 is 0 Å². The van der Waals surface area contributed by atoms with Crippen LogP contribution in [0.15, 0.2) is 18.2 Å². The van der Waals surface area contributed by atoms with Gasteiger partial charge in [-0.05, 0) is 24.7 Å². The molecule has 0 radical (unpaired) electrons. The SMILES string of the molecule is COc1ccc(O)c(C(F)(F)CCN)c1. The number of rotatable bonds is 4. The highest BCUT2D eigenvalue weighted by Gasteiger charge is 2.33. The van der Waals surface area contributed by atoms with E-state index in [1.54, 1.807) is 0 Å². The van der Waals surface area contributed by atoms with E-state index in [1.165, 1.54) is 19.2 Å². The van der Waals surface area contributed by atoms with Gasteiger partial charge in [-0.25, -0.2) is 8.78 Å². The molecule has 0 spiro atoms. The molecule has 0 bridgehead atoms. The molecule has 1 aromatic rings. The summed E-state index contributed by atoms with van der Waals surface area (Å²) in [5.74, 6) is -3.30. The first-order valence-corrected chi connectivity index (χ1v) is 4.46. The molecule has 0 fully saturated rings. The second-order valence-corrected chi connectivity index (χ2v) is 3.13. The van der Waals surface area contributed by atoms with Crippen molar-refractivity contribution in [2.75, 3.05) is 13.7 Å². The number of alkyl halides is 2. The fraction of sp³-hybridized carbons (Fsp3) is 0.400. The Labute approximate surface area is 86.5 Å². The predicted molar refractivity (Wildman–Crippen MR) is 52.2 cm³/mol. The van der Waals surface area contributed by atoms with Gasteiger partial charge in [0.2, 0.25) is 0 Å². The van der Waals surface area contributed by atoms with Crippen LogP contribution in [0.3, 0.4) is 0 Å². The molecule has 1 aromatic carbocycles. The van der Waals surface area contributed by atoms with Gasteiger partial charge in [0.15, 0.2) is 0 Å². The maximum absolute atomic E-state index is 13.4. The second kappa shape index (κ2) is 4.44. The van der Waals surface area contributed by atoms with Gasteiger partial charge in [-0.1, -0.05) is 0 Å². The molecule has 0 saturated heterocycles. The molecule has 84 valence electrons. The van der Waals surface area contributed by atoms with E-state index in [9.17, 15) is 13.9 Å². The second-order valence-electron chi connectivity index (χ2n) is 3.13. The van der Waals surface area contributed by atoms with E-state index in [4.69, 9.17) is 10.5 Å². The number of benzene rings is 1. The van der Waals surface area contributed by atoms with E-state index in [0.717, 1.165) is 6.07 Å². The molecule has 0 aliphatic rings. The van der Waals surface area contributed by atoms with Gasteiger partial charge in [-0.15, -0.1) is 0 Å². The highest BCUT2D eigenvalue weighted by molar-refractivity contribution is 5.41. The van der Waals surface area contributed by atoms with Gasteiger partial charge in [0, 0.05) is 6.42 Å². The lowest BCUT2D eigenvalue weighted by Gasteiger charge is -2.17. The zero-order valence-corrected chi connectivity index (χ0v) is 8.34. The van der Waals surface area contributed by atoms with Crippen molar-refractivity contribution in [1.29, 1.82) is 0 Å². The summed E-state index contributed by atoms with van der Waals surface area (Å²) < 4.78 is 31.7. The number of hydrogen-bond donors (Lipinski definition) is 2. The minimum absolute atomic E-state index is 0.149. The van der Waals surface area contributed by atoms with E-state index < -0.39 is 23.7 Å². The maximum Gasteiger partial charge on any atom is 0.278 e. The van der Waals surface area contributed by atoms with Crippen molar-refractivity contribution in [2.24, 2.45) is 5.73 Å². The number of aromatic hydroxyl groups is 1. The van der Waals surface area contributed by atoms with Crippen molar-refractivity contribution in [1.82, 2.24) is 0 Å². The van der Waals surface area contributed by atoms with Crippen LogP contribution in [-0.2, 0) is 5.92 Å². The lowest BCUT2D eigenvalue weighted by atomic mass is 10.0. The third kappa shape index (κ3) is 2.56. The Morgan fingerprint density at radius 3 is 2.67 bits per heavy atom. The molecule has 1 rings (SSSR count). The Kier molecular flexibility index (Phi) is 3.47. The topological polar surface area (TPSA) is 55.5 Å². The fourth-order valence-corrected chi connectivity index (χ4v) is 1.25. The number of halogens is 2. The van der Waals surface area contributed by atoms with E-state index in [0.29, 0.717) is 0 Å². The number of phenolic OH excluding ortho intramolecular Hbond substituents is 1. The molecule has 3 N–H and O–H groups in total. The summed E-state index contributed by atoms with van der Waals surface area (Å²) in [7, 11) is 1.37. The molecular weight excluding hydrogens is 204 g/mol.